The molecule has 1 heterocycles. The lowest BCUT2D eigenvalue weighted by Crippen LogP contribution is -2.48. The smallest absolute Gasteiger partial charge is 0.321 e. The topological polar surface area (TPSA) is 72.9 Å². The third-order valence-corrected chi connectivity index (χ3v) is 3.39. The zero-order chi connectivity index (χ0) is 14.5. The number of amides is 2. The number of hydrogen-bond donors (Lipinski definition) is 2. The Morgan fingerprint density at radius 2 is 1.85 bits per heavy atom. The maximum absolute atomic E-state index is 12.2. The maximum atomic E-state index is 12.2. The summed E-state index contributed by atoms with van der Waals surface area (Å²) in [5.41, 5.74) is 1.18. The number of carbonyl (C=O) groups excluding carboxylic acids is 1. The van der Waals surface area contributed by atoms with Crippen LogP contribution in [0.2, 0.25) is 0 Å². The number of carbonyl (C=O) groups is 2. The SMILES string of the molecule is CN1CCN(C(=O)Nc2ccccc2CC(=O)O)CC1. The van der Waals surface area contributed by atoms with Gasteiger partial charge in [-0.1, -0.05) is 18.2 Å². The number of urea groups is 1. The van der Waals surface area contributed by atoms with Crippen molar-refractivity contribution in [1.29, 1.82) is 0 Å². The number of benzene rings is 1. The van der Waals surface area contributed by atoms with E-state index in [2.05, 4.69) is 10.2 Å². The van der Waals surface area contributed by atoms with Crippen molar-refractivity contribution < 1.29 is 14.7 Å². The number of carboxylic acids is 1. The molecular weight excluding hydrogens is 258 g/mol. The standard InChI is InChI=1S/C14H19N3O3/c1-16-6-8-17(9-7-16)14(20)15-12-5-3-2-4-11(12)10-13(18)19/h2-5H,6-10H2,1H3,(H,15,20)(H,18,19). The Morgan fingerprint density at radius 3 is 2.50 bits per heavy atom. The Kier molecular flexibility index (Phi) is 4.57. The molecule has 1 aliphatic heterocycles. The van der Waals surface area contributed by atoms with Crippen LogP contribution in [0.15, 0.2) is 24.3 Å². The summed E-state index contributed by atoms with van der Waals surface area (Å²) < 4.78 is 0. The molecular formula is C14H19N3O3. The minimum absolute atomic E-state index is 0.0980. The van der Waals surface area contributed by atoms with E-state index < -0.39 is 5.97 Å². The van der Waals surface area contributed by atoms with Crippen LogP contribution >= 0.6 is 0 Å². The zero-order valence-electron chi connectivity index (χ0n) is 11.5. The van der Waals surface area contributed by atoms with Crippen molar-refractivity contribution in [3.8, 4) is 0 Å². The largest absolute Gasteiger partial charge is 0.481 e. The predicted molar refractivity (Wildman–Crippen MR) is 75.9 cm³/mol. The van der Waals surface area contributed by atoms with E-state index in [0.717, 1.165) is 13.1 Å². The highest BCUT2D eigenvalue weighted by Gasteiger charge is 2.19. The summed E-state index contributed by atoms with van der Waals surface area (Å²) >= 11 is 0. The second-order valence-corrected chi connectivity index (χ2v) is 4.95. The summed E-state index contributed by atoms with van der Waals surface area (Å²) in [5, 5.41) is 11.7. The average molecular weight is 277 g/mol. The van der Waals surface area contributed by atoms with Crippen molar-refractivity contribution in [2.45, 2.75) is 6.42 Å². The lowest BCUT2D eigenvalue weighted by molar-refractivity contribution is -0.136. The molecule has 1 saturated heterocycles. The number of rotatable bonds is 3. The van der Waals surface area contributed by atoms with Crippen LogP contribution in [0, 0.1) is 0 Å². The average Bonchev–Trinajstić information content (AvgIpc) is 2.41. The molecule has 1 aromatic carbocycles. The van der Waals surface area contributed by atoms with Gasteiger partial charge in [0.15, 0.2) is 0 Å². The Morgan fingerprint density at radius 1 is 1.20 bits per heavy atom. The first kappa shape index (κ1) is 14.3. The minimum Gasteiger partial charge on any atom is -0.481 e. The fourth-order valence-corrected chi connectivity index (χ4v) is 2.16. The monoisotopic (exact) mass is 277 g/mol. The quantitative estimate of drug-likeness (QED) is 0.867. The van der Waals surface area contributed by atoms with Crippen LogP contribution in [0.25, 0.3) is 0 Å². The molecule has 1 aliphatic rings. The molecule has 6 nitrogen and oxygen atoms in total. The molecule has 0 bridgehead atoms. The Hall–Kier alpha value is -2.08. The lowest BCUT2D eigenvalue weighted by Gasteiger charge is -2.32. The van der Waals surface area contributed by atoms with Crippen molar-refractivity contribution in [3.05, 3.63) is 29.8 Å². The van der Waals surface area contributed by atoms with Crippen LogP contribution in [-0.2, 0) is 11.2 Å². The molecule has 2 rings (SSSR count). The highest BCUT2D eigenvalue weighted by atomic mass is 16.4. The molecule has 6 heteroatoms. The second kappa shape index (κ2) is 6.38. The molecule has 0 spiro atoms. The van der Waals surface area contributed by atoms with E-state index in [9.17, 15) is 9.59 Å². The molecule has 1 aromatic rings. The number of para-hydroxylation sites is 1. The normalized spacial score (nSPS) is 15.9. The minimum atomic E-state index is -0.911. The number of aliphatic carboxylic acids is 1. The molecule has 108 valence electrons. The van der Waals surface area contributed by atoms with Gasteiger partial charge >= 0.3 is 12.0 Å². The van der Waals surface area contributed by atoms with E-state index in [1.807, 2.05) is 7.05 Å². The van der Waals surface area contributed by atoms with Gasteiger partial charge in [0.25, 0.3) is 0 Å². The zero-order valence-corrected chi connectivity index (χ0v) is 11.5. The number of hydrogen-bond acceptors (Lipinski definition) is 3. The fourth-order valence-electron chi connectivity index (χ4n) is 2.16. The molecule has 0 aromatic heterocycles. The number of carboxylic acid groups (broad SMARTS) is 1. The molecule has 2 N–H and O–H groups in total. The third kappa shape index (κ3) is 3.71. The number of nitrogens with one attached hydrogen (secondary N) is 1. The van der Waals surface area contributed by atoms with Crippen LogP contribution in [-0.4, -0.2) is 60.1 Å². The van der Waals surface area contributed by atoms with Gasteiger partial charge in [0.05, 0.1) is 6.42 Å². The van der Waals surface area contributed by atoms with Gasteiger partial charge in [-0.25, -0.2) is 4.79 Å². The van der Waals surface area contributed by atoms with Gasteiger partial charge in [0, 0.05) is 31.9 Å². The predicted octanol–water partition coefficient (Wildman–Crippen LogP) is 1.09. The first-order valence-electron chi connectivity index (χ1n) is 6.60. The first-order valence-corrected chi connectivity index (χ1v) is 6.60. The molecule has 0 saturated carbocycles. The molecule has 0 atom stereocenters. The van der Waals surface area contributed by atoms with E-state index in [1.54, 1.807) is 29.2 Å². The van der Waals surface area contributed by atoms with E-state index in [-0.39, 0.29) is 12.5 Å². The van der Waals surface area contributed by atoms with Crippen LogP contribution in [0.4, 0.5) is 10.5 Å². The molecule has 1 fully saturated rings. The summed E-state index contributed by atoms with van der Waals surface area (Å²) in [4.78, 5) is 26.9. The molecule has 0 radical (unpaired) electrons. The summed E-state index contributed by atoms with van der Waals surface area (Å²) in [6, 6.07) is 6.82. The van der Waals surface area contributed by atoms with Crippen molar-refractivity contribution in [3.63, 3.8) is 0 Å². The first-order chi connectivity index (χ1) is 9.56. The van der Waals surface area contributed by atoms with E-state index in [4.69, 9.17) is 5.11 Å². The summed E-state index contributed by atoms with van der Waals surface area (Å²) in [5.74, 6) is -0.911. The third-order valence-electron chi connectivity index (χ3n) is 3.39. The van der Waals surface area contributed by atoms with E-state index in [0.29, 0.717) is 24.3 Å². The highest BCUT2D eigenvalue weighted by molar-refractivity contribution is 5.91. The van der Waals surface area contributed by atoms with Gasteiger partial charge < -0.3 is 20.2 Å². The Balaban J connectivity index is 2.02. The Bertz CT molecular complexity index is 496. The lowest BCUT2D eigenvalue weighted by atomic mass is 10.1. The van der Waals surface area contributed by atoms with Gasteiger partial charge in [0.1, 0.15) is 0 Å². The number of likely N-dealkylation sites (N-methyl/N-ethyl adjacent to an activating group) is 1. The number of piperazine rings is 1. The van der Waals surface area contributed by atoms with Crippen LogP contribution < -0.4 is 5.32 Å². The van der Waals surface area contributed by atoms with E-state index in [1.165, 1.54) is 0 Å². The number of anilines is 1. The maximum Gasteiger partial charge on any atom is 0.321 e. The molecule has 0 unspecified atom stereocenters. The summed E-state index contributed by atoms with van der Waals surface area (Å²) in [6.45, 7) is 3.07. The number of nitrogens with zero attached hydrogens (tertiary/aromatic N) is 2. The summed E-state index contributed by atoms with van der Waals surface area (Å²) in [6.07, 6.45) is -0.0980. The van der Waals surface area contributed by atoms with Gasteiger partial charge in [0.2, 0.25) is 0 Å². The van der Waals surface area contributed by atoms with Crippen molar-refractivity contribution in [2.75, 3.05) is 38.5 Å². The molecule has 2 amide bonds. The van der Waals surface area contributed by atoms with Gasteiger partial charge in [-0.2, -0.15) is 0 Å². The second-order valence-electron chi connectivity index (χ2n) is 4.95. The van der Waals surface area contributed by atoms with Crippen molar-refractivity contribution in [2.24, 2.45) is 0 Å². The Labute approximate surface area is 118 Å². The van der Waals surface area contributed by atoms with E-state index >= 15 is 0 Å². The highest BCUT2D eigenvalue weighted by Crippen LogP contribution is 2.16. The van der Waals surface area contributed by atoms with Crippen LogP contribution in [0.5, 0.6) is 0 Å². The van der Waals surface area contributed by atoms with Crippen LogP contribution in [0.1, 0.15) is 5.56 Å². The van der Waals surface area contributed by atoms with Crippen molar-refractivity contribution in [1.82, 2.24) is 9.80 Å². The van der Waals surface area contributed by atoms with Gasteiger partial charge in [-0.05, 0) is 18.7 Å². The van der Waals surface area contributed by atoms with Gasteiger partial charge in [-0.3, -0.25) is 4.79 Å². The van der Waals surface area contributed by atoms with Crippen LogP contribution in [0.3, 0.4) is 0 Å². The molecule has 0 aliphatic carbocycles. The van der Waals surface area contributed by atoms with Crippen molar-refractivity contribution >= 4 is 17.7 Å². The van der Waals surface area contributed by atoms with Gasteiger partial charge in [-0.15, -0.1) is 0 Å². The fraction of sp³-hybridized carbons (Fsp3) is 0.429. The summed E-state index contributed by atoms with van der Waals surface area (Å²) in [7, 11) is 2.03. The molecule has 20 heavy (non-hydrogen) atoms.